The van der Waals surface area contributed by atoms with Gasteiger partial charge in [0.2, 0.25) is 0 Å². The fourth-order valence-corrected chi connectivity index (χ4v) is 3.39. The van der Waals surface area contributed by atoms with Gasteiger partial charge in [0.05, 0.1) is 5.69 Å². The molecular formula is C13H20N6OS. The van der Waals surface area contributed by atoms with E-state index in [1.165, 1.54) is 30.2 Å². The van der Waals surface area contributed by atoms with E-state index in [2.05, 4.69) is 20.6 Å². The molecule has 0 aliphatic heterocycles. The molecule has 1 saturated carbocycles. The van der Waals surface area contributed by atoms with E-state index in [9.17, 15) is 4.79 Å². The summed E-state index contributed by atoms with van der Waals surface area (Å²) in [6.45, 7) is 5.37. The first kappa shape index (κ1) is 14.4. The monoisotopic (exact) mass is 308 g/mol. The minimum Gasteiger partial charge on any atom is -0.310 e. The zero-order valence-corrected chi connectivity index (χ0v) is 13.3. The fraction of sp³-hybridized carbons (Fsp3) is 0.615. The van der Waals surface area contributed by atoms with Crippen LogP contribution in [0.1, 0.15) is 31.0 Å². The molecule has 1 fully saturated rings. The van der Waals surface area contributed by atoms with Gasteiger partial charge in [-0.3, -0.25) is 9.25 Å². The van der Waals surface area contributed by atoms with Crippen molar-refractivity contribution in [3.8, 4) is 0 Å². The van der Waals surface area contributed by atoms with Crippen molar-refractivity contribution in [2.75, 3.05) is 0 Å². The average Bonchev–Trinajstić information content (AvgIpc) is 3.15. The van der Waals surface area contributed by atoms with Gasteiger partial charge in [0.25, 0.3) is 0 Å². The minimum atomic E-state index is -0.170. The van der Waals surface area contributed by atoms with Gasteiger partial charge < -0.3 is 5.32 Å². The first-order valence-corrected chi connectivity index (χ1v) is 8.00. The quantitative estimate of drug-likeness (QED) is 0.833. The van der Waals surface area contributed by atoms with Crippen molar-refractivity contribution < 1.29 is 0 Å². The second kappa shape index (κ2) is 5.69. The lowest BCUT2D eigenvalue weighted by atomic mass is 10.2. The minimum absolute atomic E-state index is 0.170. The van der Waals surface area contributed by atoms with Crippen LogP contribution in [0.5, 0.6) is 0 Å². The molecule has 0 aromatic carbocycles. The number of hydrogen-bond acceptors (Lipinski definition) is 5. The van der Waals surface area contributed by atoms with Crippen LogP contribution in [-0.2, 0) is 20.1 Å². The predicted molar refractivity (Wildman–Crippen MR) is 80.5 cm³/mol. The Balaban J connectivity index is 1.87. The first-order chi connectivity index (χ1) is 10.1. The van der Waals surface area contributed by atoms with E-state index in [1.807, 2.05) is 25.6 Å². The normalized spacial score (nSPS) is 14.8. The second-order valence-corrected chi connectivity index (χ2v) is 6.26. The van der Waals surface area contributed by atoms with Gasteiger partial charge in [-0.15, -0.1) is 5.10 Å². The van der Waals surface area contributed by atoms with Gasteiger partial charge in [-0.1, -0.05) is 0 Å². The molecule has 0 radical (unpaired) electrons. The Bertz CT molecular complexity index is 696. The van der Waals surface area contributed by atoms with E-state index >= 15 is 0 Å². The Kier molecular flexibility index (Phi) is 3.90. The van der Waals surface area contributed by atoms with Crippen molar-refractivity contribution in [1.82, 2.24) is 29.9 Å². The smallest absolute Gasteiger partial charge is 0.310 e. The molecule has 2 heterocycles. The highest BCUT2D eigenvalue weighted by molar-refractivity contribution is 7.99. The summed E-state index contributed by atoms with van der Waals surface area (Å²) in [6.07, 6.45) is 2.52. The van der Waals surface area contributed by atoms with E-state index in [0.29, 0.717) is 17.7 Å². The number of aromatic amines is 1. The molecule has 7 nitrogen and oxygen atoms in total. The van der Waals surface area contributed by atoms with E-state index in [1.54, 1.807) is 4.57 Å². The molecule has 0 bridgehead atoms. The predicted octanol–water partition coefficient (Wildman–Crippen LogP) is 1.04. The molecule has 0 unspecified atom stereocenters. The Labute approximate surface area is 127 Å². The molecule has 3 rings (SSSR count). The fourth-order valence-electron chi connectivity index (χ4n) is 2.29. The summed E-state index contributed by atoms with van der Waals surface area (Å²) in [5.41, 5.74) is 2.04. The van der Waals surface area contributed by atoms with Crippen molar-refractivity contribution in [3.63, 3.8) is 0 Å². The van der Waals surface area contributed by atoms with E-state index in [-0.39, 0.29) is 5.69 Å². The molecule has 1 aliphatic carbocycles. The highest BCUT2D eigenvalue weighted by Gasteiger charge is 2.23. The molecule has 21 heavy (non-hydrogen) atoms. The SMILES string of the molecule is CCn1c(Sc2c(CNC3CC3)c(C)nn2C)n[nH]c1=O. The third kappa shape index (κ3) is 2.91. The van der Waals surface area contributed by atoms with Gasteiger partial charge in [0.1, 0.15) is 5.03 Å². The lowest BCUT2D eigenvalue weighted by Gasteiger charge is -2.07. The number of hydrogen-bond donors (Lipinski definition) is 2. The topological polar surface area (TPSA) is 80.5 Å². The molecule has 8 heteroatoms. The molecule has 0 saturated heterocycles. The summed E-state index contributed by atoms with van der Waals surface area (Å²) in [5, 5.41) is 16.4. The van der Waals surface area contributed by atoms with Crippen molar-refractivity contribution in [3.05, 3.63) is 21.7 Å². The molecule has 114 valence electrons. The largest absolute Gasteiger partial charge is 0.343 e. The van der Waals surface area contributed by atoms with Crippen LogP contribution in [0, 0.1) is 6.92 Å². The second-order valence-electron chi connectivity index (χ2n) is 5.31. The van der Waals surface area contributed by atoms with Gasteiger partial charge in [0.15, 0.2) is 5.16 Å². The van der Waals surface area contributed by atoms with Crippen molar-refractivity contribution in [2.45, 2.75) is 56.0 Å². The van der Waals surface area contributed by atoms with E-state index in [4.69, 9.17) is 0 Å². The van der Waals surface area contributed by atoms with Crippen LogP contribution in [0.3, 0.4) is 0 Å². The van der Waals surface area contributed by atoms with Crippen LogP contribution in [0.2, 0.25) is 0 Å². The zero-order valence-electron chi connectivity index (χ0n) is 12.5. The van der Waals surface area contributed by atoms with E-state index in [0.717, 1.165) is 17.3 Å². The van der Waals surface area contributed by atoms with Gasteiger partial charge in [-0.25, -0.2) is 9.89 Å². The number of H-pyrrole nitrogens is 1. The van der Waals surface area contributed by atoms with Gasteiger partial charge in [-0.2, -0.15) is 5.10 Å². The lowest BCUT2D eigenvalue weighted by Crippen LogP contribution is -2.17. The van der Waals surface area contributed by atoms with Crippen molar-refractivity contribution in [2.24, 2.45) is 7.05 Å². The molecule has 0 spiro atoms. The highest BCUT2D eigenvalue weighted by Crippen LogP contribution is 2.30. The third-order valence-electron chi connectivity index (χ3n) is 3.66. The zero-order chi connectivity index (χ0) is 15.0. The van der Waals surface area contributed by atoms with Gasteiger partial charge in [-0.05, 0) is 38.5 Å². The number of nitrogens with zero attached hydrogens (tertiary/aromatic N) is 4. The summed E-state index contributed by atoms with van der Waals surface area (Å²) in [6, 6.07) is 0.654. The van der Waals surface area contributed by atoms with Crippen LogP contribution >= 0.6 is 11.8 Å². The van der Waals surface area contributed by atoms with Crippen molar-refractivity contribution in [1.29, 1.82) is 0 Å². The summed E-state index contributed by atoms with van der Waals surface area (Å²) >= 11 is 1.49. The number of rotatable bonds is 6. The van der Waals surface area contributed by atoms with Crippen molar-refractivity contribution >= 4 is 11.8 Å². The van der Waals surface area contributed by atoms with Gasteiger partial charge in [0, 0.05) is 31.7 Å². The van der Waals surface area contributed by atoms with E-state index < -0.39 is 0 Å². The summed E-state index contributed by atoms with van der Waals surface area (Å²) in [4.78, 5) is 11.7. The van der Waals surface area contributed by atoms with Crippen LogP contribution < -0.4 is 11.0 Å². The number of nitrogens with one attached hydrogen (secondary N) is 2. The Morgan fingerprint density at radius 3 is 2.90 bits per heavy atom. The molecule has 0 amide bonds. The van der Waals surface area contributed by atoms with Crippen LogP contribution in [0.4, 0.5) is 0 Å². The van der Waals surface area contributed by atoms with Crippen LogP contribution in [-0.4, -0.2) is 30.6 Å². The van der Waals surface area contributed by atoms with Gasteiger partial charge >= 0.3 is 5.69 Å². The maximum absolute atomic E-state index is 11.7. The molecule has 2 aromatic rings. The van der Waals surface area contributed by atoms with Crippen LogP contribution in [0.15, 0.2) is 15.0 Å². The Morgan fingerprint density at radius 2 is 2.24 bits per heavy atom. The Hall–Kier alpha value is -1.54. The molecule has 2 N–H and O–H groups in total. The summed E-state index contributed by atoms with van der Waals surface area (Å²) < 4.78 is 3.49. The number of aryl methyl sites for hydroxylation is 2. The summed E-state index contributed by atoms with van der Waals surface area (Å²) in [5.74, 6) is 0. The third-order valence-corrected chi connectivity index (χ3v) is 4.86. The highest BCUT2D eigenvalue weighted by atomic mass is 32.2. The number of aromatic nitrogens is 5. The lowest BCUT2D eigenvalue weighted by molar-refractivity contribution is 0.644. The first-order valence-electron chi connectivity index (χ1n) is 7.19. The molecule has 2 aromatic heterocycles. The summed E-state index contributed by atoms with van der Waals surface area (Å²) in [7, 11) is 1.93. The van der Waals surface area contributed by atoms with Crippen LogP contribution in [0.25, 0.3) is 0 Å². The maximum Gasteiger partial charge on any atom is 0.343 e. The average molecular weight is 308 g/mol. The molecule has 1 aliphatic rings. The molecular weight excluding hydrogens is 288 g/mol. The standard InChI is InChI=1S/C13H20N6OS/c1-4-19-12(20)15-16-13(19)21-11-10(7-14-9-5-6-9)8(2)17-18(11)3/h9,14H,4-7H2,1-3H3,(H,15,20). The Morgan fingerprint density at radius 1 is 1.48 bits per heavy atom. The molecule has 0 atom stereocenters. The maximum atomic E-state index is 11.7.